The Hall–Kier alpha value is -8.46. The molecular formula is C66H52N2. The summed E-state index contributed by atoms with van der Waals surface area (Å²) in [6.07, 6.45) is 17.1. The maximum Gasteiger partial charge on any atom is 0.0462 e. The van der Waals surface area contributed by atoms with Crippen LogP contribution in [0.5, 0.6) is 0 Å². The first-order valence-corrected chi connectivity index (χ1v) is 23.8. The molecule has 9 aromatic carbocycles. The van der Waals surface area contributed by atoms with Crippen molar-refractivity contribution in [1.29, 1.82) is 0 Å². The topological polar surface area (TPSA) is 6.48 Å². The van der Waals surface area contributed by atoms with Crippen molar-refractivity contribution >= 4 is 45.3 Å². The van der Waals surface area contributed by atoms with Crippen molar-refractivity contribution < 1.29 is 0 Å². The molecule has 68 heavy (non-hydrogen) atoms. The van der Waals surface area contributed by atoms with Crippen LogP contribution >= 0.6 is 0 Å². The molecule has 0 amide bonds. The lowest BCUT2D eigenvalue weighted by molar-refractivity contribution is 0.856. The fourth-order valence-electron chi connectivity index (χ4n) is 9.62. The van der Waals surface area contributed by atoms with E-state index < -0.39 is 0 Å². The molecule has 0 saturated heterocycles. The second-order valence-corrected chi connectivity index (χ2v) is 17.6. The first-order chi connectivity index (χ1) is 33.7. The molecule has 0 radical (unpaired) electrons. The third-order valence-corrected chi connectivity index (χ3v) is 13.2. The predicted octanol–water partition coefficient (Wildman–Crippen LogP) is 18.5. The van der Waals surface area contributed by atoms with Crippen molar-refractivity contribution in [2.75, 3.05) is 9.80 Å². The molecule has 11 rings (SSSR count). The van der Waals surface area contributed by atoms with Crippen molar-refractivity contribution in [1.82, 2.24) is 0 Å². The molecule has 1 unspecified atom stereocenters. The third-order valence-electron chi connectivity index (χ3n) is 13.2. The molecule has 0 saturated carbocycles. The second kappa shape index (κ2) is 19.6. The Kier molecular flexibility index (Phi) is 12.1. The van der Waals surface area contributed by atoms with E-state index in [9.17, 15) is 0 Å². The summed E-state index contributed by atoms with van der Waals surface area (Å²) in [5.74, 6) is 0.309. The first kappa shape index (κ1) is 42.2. The maximum absolute atomic E-state index is 2.39. The Morgan fingerprint density at radius 2 is 0.691 bits per heavy atom. The van der Waals surface area contributed by atoms with Crippen LogP contribution in [0.1, 0.15) is 41.9 Å². The molecule has 0 bridgehead atoms. The molecule has 2 aliphatic carbocycles. The van der Waals surface area contributed by atoms with Crippen LogP contribution in [-0.2, 0) is 0 Å². The monoisotopic (exact) mass is 872 g/mol. The third kappa shape index (κ3) is 9.18. The average molecular weight is 873 g/mol. The van der Waals surface area contributed by atoms with Gasteiger partial charge in [0.25, 0.3) is 0 Å². The van der Waals surface area contributed by atoms with Crippen molar-refractivity contribution in [3.05, 3.63) is 290 Å². The first-order valence-electron chi connectivity index (χ1n) is 23.8. The Bertz CT molecular complexity index is 3250. The molecule has 0 heterocycles. The summed E-state index contributed by atoms with van der Waals surface area (Å²) in [4.78, 5) is 4.68. The Morgan fingerprint density at radius 1 is 0.294 bits per heavy atom. The highest BCUT2D eigenvalue weighted by Crippen LogP contribution is 2.40. The Labute approximate surface area is 401 Å². The van der Waals surface area contributed by atoms with Gasteiger partial charge >= 0.3 is 0 Å². The van der Waals surface area contributed by atoms with E-state index in [0.717, 1.165) is 53.4 Å². The van der Waals surface area contributed by atoms with Crippen LogP contribution in [0, 0.1) is 0 Å². The molecule has 2 aliphatic rings. The Balaban J connectivity index is 0.787. The normalized spacial score (nSPS) is 14.2. The van der Waals surface area contributed by atoms with Crippen LogP contribution in [0.2, 0.25) is 0 Å². The molecule has 0 aromatic heterocycles. The molecule has 2 heteroatoms. The molecule has 9 aromatic rings. The quantitative estimate of drug-likeness (QED) is 0.121. The standard InChI is InChI=1S/C66H52N2/c1-5-15-49(16-6-1)57-19-13-21-59(47-57)55-35-43-65(44-36-55)67(61-23-9-3-10-24-61)63-39-31-53(32-40-63)51-27-29-52(30-28-51)54-33-41-64(42-34-54)68(62-25-11-4-12-26-62)66-45-37-56(38-46-66)60-22-14-20-58(48-60)50-17-7-2-8-18-50/h1,3-7,9-27,29-48,51H,2,8,28H2. The summed E-state index contributed by atoms with van der Waals surface area (Å²) in [6, 6.07) is 85.7. The fourth-order valence-corrected chi connectivity index (χ4v) is 9.62. The molecule has 0 N–H and O–H groups in total. The van der Waals surface area contributed by atoms with Crippen LogP contribution in [0.25, 0.3) is 44.5 Å². The predicted molar refractivity (Wildman–Crippen MR) is 289 cm³/mol. The SMILES string of the molecule is C1=CC(c2cccc(-c3ccc(N(c4ccccc4)c4ccc(C5=CCC(c6ccc(N(c7ccccc7)c7ccc(-c8cccc(-c9ccccc9)c8)cc7)cc6)C=C5)cc4)cc3)c2)=CCC1. The van der Waals surface area contributed by atoms with Gasteiger partial charge in [0.2, 0.25) is 0 Å². The maximum atomic E-state index is 2.39. The van der Waals surface area contributed by atoms with Gasteiger partial charge < -0.3 is 9.80 Å². The van der Waals surface area contributed by atoms with Gasteiger partial charge in [-0.15, -0.1) is 0 Å². The second-order valence-electron chi connectivity index (χ2n) is 17.6. The van der Waals surface area contributed by atoms with Crippen molar-refractivity contribution in [2.45, 2.75) is 25.2 Å². The van der Waals surface area contributed by atoms with Crippen molar-refractivity contribution in [3.63, 3.8) is 0 Å². The van der Waals surface area contributed by atoms with E-state index in [0.29, 0.717) is 5.92 Å². The van der Waals surface area contributed by atoms with Crippen LogP contribution < -0.4 is 9.80 Å². The van der Waals surface area contributed by atoms with Gasteiger partial charge in [0.1, 0.15) is 0 Å². The summed E-state index contributed by atoms with van der Waals surface area (Å²) in [7, 11) is 0. The number of hydrogen-bond acceptors (Lipinski definition) is 2. The molecule has 0 aliphatic heterocycles. The van der Waals surface area contributed by atoms with Gasteiger partial charge in [0.05, 0.1) is 0 Å². The van der Waals surface area contributed by atoms with Crippen LogP contribution in [0.4, 0.5) is 34.1 Å². The summed E-state index contributed by atoms with van der Waals surface area (Å²) < 4.78 is 0. The number of benzene rings is 9. The van der Waals surface area contributed by atoms with E-state index in [2.05, 4.69) is 283 Å². The lowest BCUT2D eigenvalue weighted by Gasteiger charge is -2.26. The highest BCUT2D eigenvalue weighted by atomic mass is 15.1. The summed E-state index contributed by atoms with van der Waals surface area (Å²) in [5, 5.41) is 0. The van der Waals surface area contributed by atoms with Gasteiger partial charge in [-0.1, -0.05) is 188 Å². The number of hydrogen-bond donors (Lipinski definition) is 0. The van der Waals surface area contributed by atoms with E-state index in [4.69, 9.17) is 0 Å². The van der Waals surface area contributed by atoms with E-state index in [1.165, 1.54) is 61.2 Å². The highest BCUT2D eigenvalue weighted by molar-refractivity contribution is 5.84. The summed E-state index contributed by atoms with van der Waals surface area (Å²) in [6.45, 7) is 0. The zero-order valence-electron chi connectivity index (χ0n) is 38.1. The lowest BCUT2D eigenvalue weighted by Crippen LogP contribution is -2.10. The van der Waals surface area contributed by atoms with Gasteiger partial charge in [-0.05, 0) is 165 Å². The molecule has 326 valence electrons. The van der Waals surface area contributed by atoms with E-state index in [1.807, 2.05) is 0 Å². The van der Waals surface area contributed by atoms with E-state index >= 15 is 0 Å². The zero-order valence-corrected chi connectivity index (χ0v) is 38.1. The van der Waals surface area contributed by atoms with Crippen molar-refractivity contribution in [2.24, 2.45) is 0 Å². The smallest absolute Gasteiger partial charge is 0.0462 e. The largest absolute Gasteiger partial charge is 0.311 e. The summed E-state index contributed by atoms with van der Waals surface area (Å²) >= 11 is 0. The van der Waals surface area contributed by atoms with Crippen LogP contribution in [0.3, 0.4) is 0 Å². The minimum absolute atomic E-state index is 0.309. The van der Waals surface area contributed by atoms with Gasteiger partial charge in [-0.25, -0.2) is 0 Å². The number of para-hydroxylation sites is 2. The molecule has 0 fully saturated rings. The van der Waals surface area contributed by atoms with Crippen molar-refractivity contribution in [3.8, 4) is 33.4 Å². The number of nitrogens with zero attached hydrogens (tertiary/aromatic N) is 2. The minimum atomic E-state index is 0.309. The fraction of sp³-hybridized carbons (Fsp3) is 0.0606. The Morgan fingerprint density at radius 3 is 1.16 bits per heavy atom. The minimum Gasteiger partial charge on any atom is -0.311 e. The van der Waals surface area contributed by atoms with E-state index in [-0.39, 0.29) is 0 Å². The van der Waals surface area contributed by atoms with Gasteiger partial charge in [0.15, 0.2) is 0 Å². The van der Waals surface area contributed by atoms with Crippen LogP contribution in [0.15, 0.2) is 273 Å². The zero-order chi connectivity index (χ0) is 45.5. The van der Waals surface area contributed by atoms with Gasteiger partial charge in [0, 0.05) is 40.0 Å². The summed E-state index contributed by atoms with van der Waals surface area (Å²) in [5.41, 5.74) is 20.4. The number of allylic oxidation sites excluding steroid dienone is 8. The number of anilines is 6. The number of rotatable bonds is 12. The molecule has 2 nitrogen and oxygen atoms in total. The lowest BCUT2D eigenvalue weighted by atomic mass is 9.88. The van der Waals surface area contributed by atoms with Gasteiger partial charge in [-0.2, -0.15) is 0 Å². The average Bonchev–Trinajstić information content (AvgIpc) is 3.43. The van der Waals surface area contributed by atoms with Gasteiger partial charge in [-0.3, -0.25) is 0 Å². The molecule has 0 spiro atoms. The molecular weight excluding hydrogens is 821 g/mol. The molecule has 1 atom stereocenters. The van der Waals surface area contributed by atoms with Crippen LogP contribution in [-0.4, -0.2) is 0 Å². The van der Waals surface area contributed by atoms with E-state index in [1.54, 1.807) is 0 Å². The highest BCUT2D eigenvalue weighted by Gasteiger charge is 2.18.